The maximum Gasteiger partial charge on any atom is 0.306 e. The summed E-state index contributed by atoms with van der Waals surface area (Å²) >= 11 is 0. The fourth-order valence-electron chi connectivity index (χ4n) is 1.72. The van der Waals surface area contributed by atoms with Crippen LogP contribution in [0.5, 0.6) is 0 Å². The van der Waals surface area contributed by atoms with Crippen molar-refractivity contribution in [2.45, 2.75) is 19.3 Å². The Kier molecular flexibility index (Phi) is 4.41. The highest BCUT2D eigenvalue weighted by Crippen LogP contribution is 2.15. The van der Waals surface area contributed by atoms with E-state index < -0.39 is 0 Å². The van der Waals surface area contributed by atoms with Gasteiger partial charge in [0.15, 0.2) is 0 Å². The molecule has 0 aromatic heterocycles. The molecule has 1 aliphatic heterocycles. The average molecular weight is 196 g/mol. The van der Waals surface area contributed by atoms with Crippen molar-refractivity contribution >= 4 is 5.97 Å². The highest BCUT2D eigenvalue weighted by Gasteiger charge is 2.19. The van der Waals surface area contributed by atoms with E-state index in [1.165, 1.54) is 7.11 Å². The smallest absolute Gasteiger partial charge is 0.306 e. The van der Waals surface area contributed by atoms with Gasteiger partial charge < -0.3 is 9.64 Å². The first kappa shape index (κ1) is 11.0. The maximum atomic E-state index is 10.9. The molecule has 1 atom stereocenters. The van der Waals surface area contributed by atoms with E-state index in [0.717, 1.165) is 25.9 Å². The van der Waals surface area contributed by atoms with Crippen molar-refractivity contribution in [2.75, 3.05) is 26.7 Å². The molecule has 1 heterocycles. The van der Waals surface area contributed by atoms with E-state index in [4.69, 9.17) is 5.26 Å². The molecule has 4 nitrogen and oxygen atoms in total. The van der Waals surface area contributed by atoms with Crippen molar-refractivity contribution in [1.29, 1.82) is 5.26 Å². The standard InChI is InChI=1S/C10H16N2O2/c1-14-10(13)4-6-12-5-2-3-9(7-11)8-12/h9H,2-6,8H2,1H3. The van der Waals surface area contributed by atoms with Gasteiger partial charge in [0.25, 0.3) is 0 Å². The van der Waals surface area contributed by atoms with E-state index in [2.05, 4.69) is 15.7 Å². The van der Waals surface area contributed by atoms with Gasteiger partial charge in [-0.15, -0.1) is 0 Å². The van der Waals surface area contributed by atoms with Crippen LogP contribution in [0, 0.1) is 17.2 Å². The number of rotatable bonds is 3. The van der Waals surface area contributed by atoms with E-state index in [1.807, 2.05) is 0 Å². The lowest BCUT2D eigenvalue weighted by Gasteiger charge is -2.28. The molecule has 0 radical (unpaired) electrons. The first-order valence-corrected chi connectivity index (χ1v) is 4.95. The summed E-state index contributed by atoms with van der Waals surface area (Å²) in [6.07, 6.45) is 2.47. The lowest BCUT2D eigenvalue weighted by atomic mass is 10.00. The van der Waals surface area contributed by atoms with Crippen molar-refractivity contribution in [2.24, 2.45) is 5.92 Å². The molecule has 14 heavy (non-hydrogen) atoms. The van der Waals surface area contributed by atoms with Crippen LogP contribution in [0.4, 0.5) is 0 Å². The molecule has 0 amide bonds. The van der Waals surface area contributed by atoms with Gasteiger partial charge in [-0.05, 0) is 19.4 Å². The summed E-state index contributed by atoms with van der Waals surface area (Å²) in [5.74, 6) is -0.0366. The van der Waals surface area contributed by atoms with E-state index in [9.17, 15) is 4.79 Å². The van der Waals surface area contributed by atoms with E-state index in [1.54, 1.807) is 0 Å². The summed E-state index contributed by atoms with van der Waals surface area (Å²) in [7, 11) is 1.40. The number of hydrogen-bond acceptors (Lipinski definition) is 4. The first-order chi connectivity index (χ1) is 6.76. The Morgan fingerprint density at radius 3 is 3.14 bits per heavy atom. The molecule has 4 heteroatoms. The Labute approximate surface area is 84.4 Å². The number of methoxy groups -OCH3 is 1. The van der Waals surface area contributed by atoms with Gasteiger partial charge in [-0.3, -0.25) is 4.79 Å². The van der Waals surface area contributed by atoms with Crippen LogP contribution in [0.2, 0.25) is 0 Å². The zero-order valence-electron chi connectivity index (χ0n) is 8.53. The van der Waals surface area contributed by atoms with E-state index in [0.29, 0.717) is 13.0 Å². The van der Waals surface area contributed by atoms with Crippen LogP contribution in [0.1, 0.15) is 19.3 Å². The Morgan fingerprint density at radius 2 is 2.50 bits per heavy atom. The lowest BCUT2D eigenvalue weighted by Crippen LogP contribution is -2.36. The van der Waals surface area contributed by atoms with Crippen LogP contribution in [0.15, 0.2) is 0 Å². The fraction of sp³-hybridized carbons (Fsp3) is 0.800. The summed E-state index contributed by atoms with van der Waals surface area (Å²) in [6, 6.07) is 2.28. The molecule has 0 N–H and O–H groups in total. The third-order valence-electron chi connectivity index (χ3n) is 2.55. The second-order valence-corrected chi connectivity index (χ2v) is 3.59. The van der Waals surface area contributed by atoms with Crippen molar-refractivity contribution in [3.05, 3.63) is 0 Å². The summed E-state index contributed by atoms with van der Waals surface area (Å²) in [6.45, 7) is 2.51. The second-order valence-electron chi connectivity index (χ2n) is 3.59. The van der Waals surface area contributed by atoms with Crippen molar-refractivity contribution in [3.8, 4) is 6.07 Å². The zero-order chi connectivity index (χ0) is 10.4. The van der Waals surface area contributed by atoms with Crippen molar-refractivity contribution in [3.63, 3.8) is 0 Å². The molecule has 0 spiro atoms. The monoisotopic (exact) mass is 196 g/mol. The summed E-state index contributed by atoms with van der Waals surface area (Å²) in [5, 5.41) is 8.76. The third-order valence-corrected chi connectivity index (χ3v) is 2.55. The minimum atomic E-state index is -0.177. The minimum Gasteiger partial charge on any atom is -0.469 e. The molecule has 1 fully saturated rings. The summed E-state index contributed by atoms with van der Waals surface area (Å²) in [4.78, 5) is 13.1. The van der Waals surface area contributed by atoms with Gasteiger partial charge >= 0.3 is 5.97 Å². The van der Waals surface area contributed by atoms with Gasteiger partial charge in [0.05, 0.1) is 25.5 Å². The Hall–Kier alpha value is -1.08. The van der Waals surface area contributed by atoms with Gasteiger partial charge in [0, 0.05) is 13.1 Å². The van der Waals surface area contributed by atoms with Gasteiger partial charge in [-0.1, -0.05) is 0 Å². The highest BCUT2D eigenvalue weighted by atomic mass is 16.5. The normalized spacial score (nSPS) is 22.7. The Balaban J connectivity index is 2.24. The number of esters is 1. The summed E-state index contributed by atoms with van der Waals surface area (Å²) in [5.41, 5.74) is 0. The number of carbonyl (C=O) groups excluding carboxylic acids is 1. The lowest BCUT2D eigenvalue weighted by molar-refractivity contribution is -0.141. The molecule has 1 aliphatic rings. The Morgan fingerprint density at radius 1 is 1.71 bits per heavy atom. The van der Waals surface area contributed by atoms with Gasteiger partial charge in [0.2, 0.25) is 0 Å². The molecule has 0 saturated carbocycles. The predicted octanol–water partition coefficient (Wildman–Crippen LogP) is 0.785. The number of carbonyl (C=O) groups is 1. The molecule has 1 rings (SSSR count). The largest absolute Gasteiger partial charge is 0.469 e. The number of nitriles is 1. The SMILES string of the molecule is COC(=O)CCN1CCCC(C#N)C1. The van der Waals surface area contributed by atoms with Gasteiger partial charge in [-0.25, -0.2) is 0 Å². The molecule has 78 valence electrons. The van der Waals surface area contributed by atoms with Crippen molar-refractivity contribution in [1.82, 2.24) is 4.90 Å². The van der Waals surface area contributed by atoms with Gasteiger partial charge in [-0.2, -0.15) is 5.26 Å². The van der Waals surface area contributed by atoms with Gasteiger partial charge in [0.1, 0.15) is 0 Å². The molecule has 1 unspecified atom stereocenters. The van der Waals surface area contributed by atoms with Crippen molar-refractivity contribution < 1.29 is 9.53 Å². The predicted molar refractivity (Wildman–Crippen MR) is 51.4 cm³/mol. The molecule has 1 saturated heterocycles. The molecule has 0 aromatic carbocycles. The van der Waals surface area contributed by atoms with E-state index >= 15 is 0 Å². The minimum absolute atomic E-state index is 0.140. The number of hydrogen-bond donors (Lipinski definition) is 0. The fourth-order valence-corrected chi connectivity index (χ4v) is 1.72. The number of nitrogens with zero attached hydrogens (tertiary/aromatic N) is 2. The summed E-state index contributed by atoms with van der Waals surface area (Å²) < 4.78 is 4.56. The molecule has 0 bridgehead atoms. The van der Waals surface area contributed by atoms with E-state index in [-0.39, 0.29) is 11.9 Å². The second kappa shape index (κ2) is 5.61. The van der Waals surface area contributed by atoms with Crippen LogP contribution >= 0.6 is 0 Å². The average Bonchev–Trinajstić information content (AvgIpc) is 2.26. The van der Waals surface area contributed by atoms with Crippen LogP contribution in [-0.4, -0.2) is 37.6 Å². The quantitative estimate of drug-likeness (QED) is 0.626. The maximum absolute atomic E-state index is 10.9. The first-order valence-electron chi connectivity index (χ1n) is 4.95. The van der Waals surface area contributed by atoms with Crippen LogP contribution < -0.4 is 0 Å². The third kappa shape index (κ3) is 3.35. The highest BCUT2D eigenvalue weighted by molar-refractivity contribution is 5.69. The molecule has 0 aromatic rings. The topological polar surface area (TPSA) is 53.3 Å². The molecular weight excluding hydrogens is 180 g/mol. The van der Waals surface area contributed by atoms with Crippen LogP contribution in [-0.2, 0) is 9.53 Å². The van der Waals surface area contributed by atoms with Crippen LogP contribution in [0.25, 0.3) is 0 Å². The van der Waals surface area contributed by atoms with Crippen LogP contribution in [0.3, 0.4) is 0 Å². The number of ether oxygens (including phenoxy) is 1. The Bertz CT molecular complexity index is 235. The molecular formula is C10H16N2O2. The molecule has 0 aliphatic carbocycles. The zero-order valence-corrected chi connectivity index (χ0v) is 8.53. The number of piperidine rings is 1. The number of likely N-dealkylation sites (tertiary alicyclic amines) is 1.